The van der Waals surface area contributed by atoms with Crippen molar-refractivity contribution < 1.29 is 4.74 Å². The Morgan fingerprint density at radius 2 is 2.27 bits per heavy atom. The summed E-state index contributed by atoms with van der Waals surface area (Å²) in [4.78, 5) is 2.34. The molecule has 0 radical (unpaired) electrons. The molecule has 0 saturated carbocycles. The third kappa shape index (κ3) is 4.80. The Kier molecular flexibility index (Phi) is 5.96. The maximum absolute atomic E-state index is 5.76. The summed E-state index contributed by atoms with van der Waals surface area (Å²) in [6.45, 7) is 7.45. The van der Waals surface area contributed by atoms with Crippen molar-refractivity contribution >= 4 is 0 Å². The normalized spacial score (nSPS) is 24.5. The number of unbranched alkanes of at least 4 members (excludes halogenated alkanes) is 3. The molecule has 1 saturated heterocycles. The highest BCUT2D eigenvalue weighted by Gasteiger charge is 2.18. The van der Waals surface area contributed by atoms with Crippen molar-refractivity contribution in [2.24, 2.45) is 0 Å². The van der Waals surface area contributed by atoms with Gasteiger partial charge in [-0.25, -0.2) is 0 Å². The number of rotatable bonds is 5. The van der Waals surface area contributed by atoms with Gasteiger partial charge in [0.25, 0.3) is 0 Å². The molecule has 1 aliphatic heterocycles. The fraction of sp³-hybridized carbons (Fsp3) is 0.846. The van der Waals surface area contributed by atoms with Crippen LogP contribution < -0.4 is 0 Å². The van der Waals surface area contributed by atoms with E-state index in [0.29, 0.717) is 6.10 Å². The maximum Gasteiger partial charge on any atom is 0.0909 e. The summed E-state index contributed by atoms with van der Waals surface area (Å²) < 4.78 is 5.76. The third-order valence-electron chi connectivity index (χ3n) is 3.05. The number of morpholine rings is 1. The van der Waals surface area contributed by atoms with Crippen molar-refractivity contribution in [2.45, 2.75) is 45.6 Å². The molecule has 0 aromatic carbocycles. The number of nitrogens with zero attached hydrogens (tertiary/aromatic N) is 1. The average molecular weight is 211 g/mol. The Morgan fingerprint density at radius 3 is 2.93 bits per heavy atom. The van der Waals surface area contributed by atoms with E-state index >= 15 is 0 Å². The van der Waals surface area contributed by atoms with Crippen LogP contribution >= 0.6 is 0 Å². The van der Waals surface area contributed by atoms with E-state index in [2.05, 4.69) is 31.9 Å². The van der Waals surface area contributed by atoms with E-state index in [1.54, 1.807) is 0 Å². The summed E-state index contributed by atoms with van der Waals surface area (Å²) in [6.07, 6.45) is 7.87. The van der Waals surface area contributed by atoms with Crippen molar-refractivity contribution in [3.8, 4) is 0 Å². The summed E-state index contributed by atoms with van der Waals surface area (Å²) >= 11 is 0. The largest absolute Gasteiger partial charge is 0.371 e. The lowest BCUT2D eigenvalue weighted by Gasteiger charge is -2.30. The van der Waals surface area contributed by atoms with Crippen LogP contribution in [-0.4, -0.2) is 37.7 Å². The number of likely N-dealkylation sites (N-methyl/N-ethyl adjacent to an activating group) is 1. The van der Waals surface area contributed by atoms with Crippen LogP contribution in [0.2, 0.25) is 0 Å². The first-order valence-corrected chi connectivity index (χ1v) is 6.21. The molecule has 0 bridgehead atoms. The highest BCUT2D eigenvalue weighted by Crippen LogP contribution is 2.13. The molecule has 0 N–H and O–H groups in total. The Balaban J connectivity index is 2.27. The van der Waals surface area contributed by atoms with Crippen molar-refractivity contribution in [2.75, 3.05) is 26.7 Å². The molecule has 88 valence electrons. The topological polar surface area (TPSA) is 12.5 Å². The van der Waals surface area contributed by atoms with Gasteiger partial charge in [0.1, 0.15) is 0 Å². The van der Waals surface area contributed by atoms with Gasteiger partial charge in [-0.15, -0.1) is 0 Å². The molecular formula is C13H25NO. The Bertz CT molecular complexity index is 201. The zero-order valence-corrected chi connectivity index (χ0v) is 10.5. The van der Waals surface area contributed by atoms with Crippen LogP contribution in [0.3, 0.4) is 0 Å². The average Bonchev–Trinajstić information content (AvgIpc) is 2.24. The fourth-order valence-electron chi connectivity index (χ4n) is 1.91. The first-order valence-electron chi connectivity index (χ1n) is 6.21. The van der Waals surface area contributed by atoms with Gasteiger partial charge in [-0.1, -0.05) is 25.8 Å². The Hall–Kier alpha value is -0.340. The molecule has 1 unspecified atom stereocenters. The molecule has 15 heavy (non-hydrogen) atoms. The molecule has 1 fully saturated rings. The van der Waals surface area contributed by atoms with Crippen molar-refractivity contribution in [1.82, 2.24) is 4.90 Å². The molecule has 2 nitrogen and oxygen atoms in total. The van der Waals surface area contributed by atoms with Gasteiger partial charge < -0.3 is 9.64 Å². The molecule has 1 heterocycles. The minimum Gasteiger partial charge on any atom is -0.371 e. The standard InChI is InChI=1S/C13H25NO/c1-4-5-6-7-8-12(2)13-11-14(3)9-10-15-13/h8,13H,4-7,9-11H2,1-3H3. The summed E-state index contributed by atoms with van der Waals surface area (Å²) in [5.74, 6) is 0. The summed E-state index contributed by atoms with van der Waals surface area (Å²) in [5, 5.41) is 0. The summed E-state index contributed by atoms with van der Waals surface area (Å²) in [7, 11) is 2.17. The zero-order chi connectivity index (χ0) is 11.1. The first-order chi connectivity index (χ1) is 7.24. The maximum atomic E-state index is 5.76. The molecule has 0 aromatic rings. The molecule has 0 amide bonds. The van der Waals surface area contributed by atoms with E-state index in [0.717, 1.165) is 19.7 Å². The molecule has 1 atom stereocenters. The molecular weight excluding hydrogens is 186 g/mol. The van der Waals surface area contributed by atoms with E-state index < -0.39 is 0 Å². The predicted octanol–water partition coefficient (Wildman–Crippen LogP) is 2.84. The number of hydrogen-bond donors (Lipinski definition) is 0. The van der Waals surface area contributed by atoms with E-state index in [1.807, 2.05) is 0 Å². The fourth-order valence-corrected chi connectivity index (χ4v) is 1.91. The minimum absolute atomic E-state index is 0.338. The van der Waals surface area contributed by atoms with Crippen LogP contribution in [0, 0.1) is 0 Å². The van der Waals surface area contributed by atoms with E-state index in [-0.39, 0.29) is 0 Å². The minimum atomic E-state index is 0.338. The van der Waals surface area contributed by atoms with E-state index in [1.165, 1.54) is 31.3 Å². The van der Waals surface area contributed by atoms with Gasteiger partial charge in [0.15, 0.2) is 0 Å². The van der Waals surface area contributed by atoms with E-state index in [9.17, 15) is 0 Å². The van der Waals surface area contributed by atoms with Crippen LogP contribution in [0.1, 0.15) is 39.5 Å². The van der Waals surface area contributed by atoms with Gasteiger partial charge in [0.05, 0.1) is 12.7 Å². The van der Waals surface area contributed by atoms with Gasteiger partial charge in [-0.05, 0) is 32.4 Å². The van der Waals surface area contributed by atoms with Crippen molar-refractivity contribution in [3.63, 3.8) is 0 Å². The van der Waals surface area contributed by atoms with Crippen LogP contribution in [0.5, 0.6) is 0 Å². The van der Waals surface area contributed by atoms with Gasteiger partial charge in [-0.3, -0.25) is 0 Å². The number of hydrogen-bond acceptors (Lipinski definition) is 2. The Morgan fingerprint density at radius 1 is 1.47 bits per heavy atom. The highest BCUT2D eigenvalue weighted by molar-refractivity contribution is 5.06. The van der Waals surface area contributed by atoms with Crippen molar-refractivity contribution in [3.05, 3.63) is 11.6 Å². The molecule has 2 heteroatoms. The summed E-state index contributed by atoms with van der Waals surface area (Å²) in [6, 6.07) is 0. The monoisotopic (exact) mass is 211 g/mol. The molecule has 0 spiro atoms. The van der Waals surface area contributed by atoms with Crippen LogP contribution in [0.15, 0.2) is 11.6 Å². The van der Waals surface area contributed by atoms with Crippen LogP contribution in [0.25, 0.3) is 0 Å². The molecule has 0 aliphatic carbocycles. The van der Waals surface area contributed by atoms with Gasteiger partial charge in [0.2, 0.25) is 0 Å². The second-order valence-corrected chi connectivity index (χ2v) is 4.57. The molecule has 1 rings (SSSR count). The highest BCUT2D eigenvalue weighted by atomic mass is 16.5. The van der Waals surface area contributed by atoms with Crippen LogP contribution in [0.4, 0.5) is 0 Å². The number of allylic oxidation sites excluding steroid dienone is 1. The number of ether oxygens (including phenoxy) is 1. The smallest absolute Gasteiger partial charge is 0.0909 e. The lowest BCUT2D eigenvalue weighted by molar-refractivity contribution is 0.000703. The quantitative estimate of drug-likeness (QED) is 0.512. The molecule has 0 aromatic heterocycles. The second-order valence-electron chi connectivity index (χ2n) is 4.57. The summed E-state index contributed by atoms with van der Waals surface area (Å²) in [5.41, 5.74) is 1.41. The predicted molar refractivity (Wildman–Crippen MR) is 65.1 cm³/mol. The lowest BCUT2D eigenvalue weighted by Crippen LogP contribution is -2.40. The van der Waals surface area contributed by atoms with E-state index in [4.69, 9.17) is 4.74 Å². The molecule has 1 aliphatic rings. The van der Waals surface area contributed by atoms with Gasteiger partial charge in [0, 0.05) is 13.1 Å². The van der Waals surface area contributed by atoms with Crippen molar-refractivity contribution in [1.29, 1.82) is 0 Å². The first kappa shape index (κ1) is 12.7. The second kappa shape index (κ2) is 7.02. The van der Waals surface area contributed by atoms with Gasteiger partial charge >= 0.3 is 0 Å². The zero-order valence-electron chi connectivity index (χ0n) is 10.5. The SMILES string of the molecule is CCCCCC=C(C)C1CN(C)CCO1. The van der Waals surface area contributed by atoms with Crippen LogP contribution in [-0.2, 0) is 4.74 Å². The Labute approximate surface area is 94.3 Å². The lowest BCUT2D eigenvalue weighted by atomic mass is 10.1. The third-order valence-corrected chi connectivity index (χ3v) is 3.05. The van der Waals surface area contributed by atoms with Gasteiger partial charge in [-0.2, -0.15) is 0 Å².